The summed E-state index contributed by atoms with van der Waals surface area (Å²) in [6, 6.07) is 32.7. The maximum Gasteiger partial charge on any atom is 0.220 e. The first kappa shape index (κ1) is 26.3. The van der Waals surface area contributed by atoms with Crippen molar-refractivity contribution in [3.05, 3.63) is 156 Å². The number of ether oxygens (including phenoxy) is 1. The molecule has 7 aromatic rings. The van der Waals surface area contributed by atoms with Crippen LogP contribution in [0.1, 0.15) is 22.8 Å². The van der Waals surface area contributed by atoms with Gasteiger partial charge in [-0.15, -0.1) is 0 Å². The molecule has 0 radical (unpaired) electrons. The molecule has 7 heteroatoms. The average Bonchev–Trinajstić information content (AvgIpc) is 3.36. The molecule has 5 nitrogen and oxygen atoms in total. The number of pyridine rings is 2. The Morgan fingerprint density at radius 3 is 2.05 bits per heavy atom. The van der Waals surface area contributed by atoms with Crippen LogP contribution in [0.5, 0.6) is 11.6 Å². The van der Waals surface area contributed by atoms with Crippen LogP contribution in [0.2, 0.25) is 0 Å². The fourth-order valence-electron chi connectivity index (χ4n) is 5.60. The first-order chi connectivity index (χ1) is 21.1. The smallest absolute Gasteiger partial charge is 0.220 e. The van der Waals surface area contributed by atoms with E-state index in [9.17, 15) is 9.50 Å². The Bertz CT molecular complexity index is 2020. The molecule has 3 aromatic heterocycles. The summed E-state index contributed by atoms with van der Waals surface area (Å²) in [6.07, 6.45) is 4.29. The number of aromatic hydroxyl groups is 1. The van der Waals surface area contributed by atoms with Crippen LogP contribution in [-0.2, 0) is 6.54 Å². The Morgan fingerprint density at radius 1 is 0.721 bits per heavy atom. The van der Waals surface area contributed by atoms with Crippen molar-refractivity contribution >= 4 is 21.7 Å². The van der Waals surface area contributed by atoms with E-state index in [-0.39, 0.29) is 23.8 Å². The van der Waals surface area contributed by atoms with Crippen LogP contribution in [0.3, 0.4) is 0 Å². The normalized spacial score (nSPS) is 11.4. The lowest BCUT2D eigenvalue weighted by atomic mass is 9.95. The number of hydrogen-bond donors (Lipinski definition) is 1. The lowest BCUT2D eigenvalue weighted by Crippen LogP contribution is -2.10. The number of hydrogen-bond acceptors (Lipinski definition) is 4. The highest BCUT2D eigenvalue weighted by Gasteiger charge is 2.27. The number of benzene rings is 4. The van der Waals surface area contributed by atoms with E-state index in [1.54, 1.807) is 47.3 Å². The van der Waals surface area contributed by atoms with Crippen molar-refractivity contribution in [3.63, 3.8) is 0 Å². The van der Waals surface area contributed by atoms with Crippen LogP contribution in [0, 0.1) is 11.8 Å². The van der Waals surface area contributed by atoms with Crippen molar-refractivity contribution in [1.29, 1.82) is 0 Å². The highest BCUT2D eigenvalue weighted by atomic mass is 19.1. The van der Waals surface area contributed by atoms with E-state index in [1.807, 2.05) is 66.7 Å². The zero-order valence-electron chi connectivity index (χ0n) is 22.9. The van der Waals surface area contributed by atoms with Crippen LogP contribution in [0.15, 0.2) is 128 Å². The van der Waals surface area contributed by atoms with Gasteiger partial charge in [0.15, 0.2) is 5.75 Å². The summed E-state index contributed by atoms with van der Waals surface area (Å²) in [5.41, 5.74) is 3.90. The Labute approximate surface area is 246 Å². The van der Waals surface area contributed by atoms with E-state index in [0.29, 0.717) is 33.0 Å². The topological polar surface area (TPSA) is 60.2 Å². The molecule has 0 bridgehead atoms. The molecule has 0 atom stereocenters. The van der Waals surface area contributed by atoms with Crippen molar-refractivity contribution in [1.82, 2.24) is 14.5 Å². The first-order valence-corrected chi connectivity index (χ1v) is 13.8. The van der Waals surface area contributed by atoms with Crippen LogP contribution in [0.25, 0.3) is 32.8 Å². The summed E-state index contributed by atoms with van der Waals surface area (Å²) >= 11 is 0. The van der Waals surface area contributed by atoms with Gasteiger partial charge in [-0.05, 0) is 47.0 Å². The molecule has 0 aliphatic rings. The molecular formula is C36H25F2N3O2. The standard InChI is InChI=1S/C36H25F2N3O2/c37-26-17-15-23(16-18-26)21-41-22-29-30(28-14-8-20-40-35(28)38)27-13-7-19-39-32(27)34(31(29)36(41)42)43-33(24-9-3-1-4-10-24)25-11-5-2-6-12-25/h1-20,22,33,42H,21H2. The molecule has 43 heavy (non-hydrogen) atoms. The second-order valence-electron chi connectivity index (χ2n) is 10.3. The van der Waals surface area contributed by atoms with Crippen molar-refractivity contribution in [2.24, 2.45) is 0 Å². The molecule has 0 unspecified atom stereocenters. The van der Waals surface area contributed by atoms with Crippen LogP contribution >= 0.6 is 0 Å². The summed E-state index contributed by atoms with van der Waals surface area (Å²) in [4.78, 5) is 8.60. The lowest BCUT2D eigenvalue weighted by Gasteiger charge is -2.23. The van der Waals surface area contributed by atoms with Crippen LogP contribution < -0.4 is 4.74 Å². The number of halogens is 2. The number of fused-ring (bicyclic) bond motifs is 2. The Morgan fingerprint density at radius 2 is 1.37 bits per heavy atom. The van der Waals surface area contributed by atoms with E-state index < -0.39 is 12.1 Å². The summed E-state index contributed by atoms with van der Waals surface area (Å²) in [5.74, 6) is -0.695. The van der Waals surface area contributed by atoms with Gasteiger partial charge in [-0.2, -0.15) is 4.39 Å². The third-order valence-electron chi connectivity index (χ3n) is 7.57. The van der Waals surface area contributed by atoms with Crippen molar-refractivity contribution in [3.8, 4) is 22.8 Å². The van der Waals surface area contributed by atoms with E-state index in [0.717, 1.165) is 16.7 Å². The summed E-state index contributed by atoms with van der Waals surface area (Å²) in [6.45, 7) is 0.250. The molecule has 0 saturated carbocycles. The molecule has 7 rings (SSSR count). The minimum atomic E-state index is -0.639. The lowest BCUT2D eigenvalue weighted by molar-refractivity contribution is 0.252. The maximum atomic E-state index is 15.3. The molecule has 3 heterocycles. The van der Waals surface area contributed by atoms with Gasteiger partial charge in [-0.1, -0.05) is 78.9 Å². The van der Waals surface area contributed by atoms with E-state index in [2.05, 4.69) is 4.98 Å². The third kappa shape index (κ3) is 4.85. The Kier molecular flexibility index (Phi) is 6.75. The van der Waals surface area contributed by atoms with E-state index in [4.69, 9.17) is 9.72 Å². The molecular weight excluding hydrogens is 544 g/mol. The average molecular weight is 570 g/mol. The SMILES string of the molecule is Oc1c2c(OC(c3ccccc3)c3ccccc3)c3ncccc3c(-c3cccnc3F)c2cn1Cc1ccc(F)cc1. The quantitative estimate of drug-likeness (QED) is 0.196. The predicted molar refractivity (Wildman–Crippen MR) is 163 cm³/mol. The zero-order valence-corrected chi connectivity index (χ0v) is 22.9. The highest BCUT2D eigenvalue weighted by molar-refractivity contribution is 6.17. The second kappa shape index (κ2) is 11.0. The summed E-state index contributed by atoms with van der Waals surface area (Å²) in [7, 11) is 0. The van der Waals surface area contributed by atoms with Crippen LogP contribution in [0.4, 0.5) is 8.78 Å². The van der Waals surface area contributed by atoms with Gasteiger partial charge in [0.1, 0.15) is 17.4 Å². The monoisotopic (exact) mass is 569 g/mol. The highest BCUT2D eigenvalue weighted by Crippen LogP contribution is 2.48. The van der Waals surface area contributed by atoms with Gasteiger partial charge in [0.2, 0.25) is 11.8 Å². The molecule has 0 aliphatic heterocycles. The number of aromatic nitrogens is 3. The Balaban J connectivity index is 1.52. The molecule has 4 aromatic carbocycles. The number of nitrogens with zero attached hydrogens (tertiary/aromatic N) is 3. The minimum Gasteiger partial charge on any atom is -0.494 e. The Hall–Kier alpha value is -5.56. The fraction of sp³-hybridized carbons (Fsp3) is 0.0556. The number of rotatable bonds is 7. The molecule has 0 aliphatic carbocycles. The minimum absolute atomic E-state index is 0.0766. The van der Waals surface area contributed by atoms with Gasteiger partial charge in [0.05, 0.1) is 11.9 Å². The first-order valence-electron chi connectivity index (χ1n) is 13.8. The second-order valence-corrected chi connectivity index (χ2v) is 10.3. The van der Waals surface area contributed by atoms with E-state index in [1.165, 1.54) is 18.3 Å². The molecule has 0 spiro atoms. The molecule has 1 N–H and O–H groups in total. The third-order valence-corrected chi connectivity index (χ3v) is 7.57. The molecule has 0 amide bonds. The summed E-state index contributed by atoms with van der Waals surface area (Å²) in [5, 5.41) is 13.4. The van der Waals surface area contributed by atoms with E-state index >= 15 is 4.39 Å². The van der Waals surface area contributed by atoms with Crippen molar-refractivity contribution < 1.29 is 18.6 Å². The molecule has 210 valence electrons. The van der Waals surface area contributed by atoms with Gasteiger partial charge >= 0.3 is 0 Å². The molecule has 0 saturated heterocycles. The van der Waals surface area contributed by atoms with Crippen molar-refractivity contribution in [2.45, 2.75) is 12.6 Å². The summed E-state index contributed by atoms with van der Waals surface area (Å²) < 4.78 is 37.5. The fourth-order valence-corrected chi connectivity index (χ4v) is 5.60. The van der Waals surface area contributed by atoms with Gasteiger partial charge in [0.25, 0.3) is 0 Å². The molecule has 0 fully saturated rings. The van der Waals surface area contributed by atoms with Gasteiger partial charge in [-0.3, -0.25) is 4.98 Å². The van der Waals surface area contributed by atoms with Gasteiger partial charge in [-0.25, -0.2) is 9.37 Å². The zero-order chi connectivity index (χ0) is 29.3. The largest absolute Gasteiger partial charge is 0.494 e. The maximum absolute atomic E-state index is 15.3. The van der Waals surface area contributed by atoms with Crippen LogP contribution in [-0.4, -0.2) is 19.6 Å². The van der Waals surface area contributed by atoms with Crippen molar-refractivity contribution in [2.75, 3.05) is 0 Å². The van der Waals surface area contributed by atoms with Gasteiger partial charge < -0.3 is 14.4 Å². The van der Waals surface area contributed by atoms with Gasteiger partial charge in [0, 0.05) is 40.5 Å². The predicted octanol–water partition coefficient (Wildman–Crippen LogP) is 8.45.